The van der Waals surface area contributed by atoms with Crippen molar-refractivity contribution in [3.8, 4) is 16.9 Å². The molecular weight excluding hydrogens is 530 g/mol. The molecule has 0 aliphatic carbocycles. The lowest BCUT2D eigenvalue weighted by atomic mass is 9.98. The van der Waals surface area contributed by atoms with E-state index in [1.54, 1.807) is 30.5 Å². The van der Waals surface area contributed by atoms with E-state index in [0.717, 1.165) is 5.56 Å². The van der Waals surface area contributed by atoms with Crippen LogP contribution in [0.3, 0.4) is 0 Å². The Hall–Kier alpha value is -4.02. The third-order valence-corrected chi connectivity index (χ3v) is 6.80. The predicted octanol–water partition coefficient (Wildman–Crippen LogP) is 3.87. The van der Waals surface area contributed by atoms with E-state index in [9.17, 15) is 14.0 Å². The van der Waals surface area contributed by atoms with Crippen LogP contribution in [0.4, 0.5) is 14.6 Å². The Kier molecular flexibility index (Phi) is 7.76. The van der Waals surface area contributed by atoms with Gasteiger partial charge in [-0.25, -0.2) is 13.8 Å². The number of nitrogen functional groups attached to an aromatic ring is 1. The molecule has 5 rings (SSSR count). The highest BCUT2D eigenvalue weighted by Gasteiger charge is 2.28. The fraction of sp³-hybridized carbons (Fsp3) is 0.250. The number of hydrogen-bond acceptors (Lipinski definition) is 6. The van der Waals surface area contributed by atoms with Crippen LogP contribution in [0.25, 0.3) is 17.2 Å². The van der Waals surface area contributed by atoms with Crippen molar-refractivity contribution < 1.29 is 27.8 Å². The van der Waals surface area contributed by atoms with Crippen LogP contribution in [0.15, 0.2) is 48.7 Å². The Labute approximate surface area is 228 Å². The topological polar surface area (TPSA) is 107 Å². The van der Waals surface area contributed by atoms with Crippen LogP contribution < -0.4 is 15.8 Å². The van der Waals surface area contributed by atoms with Crippen LogP contribution in [0.2, 0.25) is 5.02 Å². The third-order valence-electron chi connectivity index (χ3n) is 6.52. The van der Waals surface area contributed by atoms with E-state index in [1.165, 1.54) is 29.2 Å². The standard InChI is InChI=1S/C28H25ClF2N4O4/c29-22-13-17(20-3-4-21(26(31)25(20)30)28(37)35-7-9-38-10-8-35)11-18-12-19(39-27(18)22)15-34-24(36)6-2-16-1-5-23(32)33-14-16/h1-6,11,13-14,19H,7-10,12,15H2,(H2,32,33)(H,34,36)/b6-2+. The summed E-state index contributed by atoms with van der Waals surface area (Å²) in [6, 6.07) is 9.21. The van der Waals surface area contributed by atoms with Gasteiger partial charge in [-0.05, 0) is 47.5 Å². The number of nitrogens with zero attached hydrogens (tertiary/aromatic N) is 2. The van der Waals surface area contributed by atoms with Gasteiger partial charge in [0.1, 0.15) is 17.7 Å². The fourth-order valence-electron chi connectivity index (χ4n) is 4.49. The lowest BCUT2D eigenvalue weighted by Crippen LogP contribution is -2.41. The minimum atomic E-state index is -1.21. The van der Waals surface area contributed by atoms with E-state index in [1.807, 2.05) is 0 Å². The van der Waals surface area contributed by atoms with E-state index >= 15 is 4.39 Å². The molecule has 2 aromatic carbocycles. The molecule has 39 heavy (non-hydrogen) atoms. The number of anilines is 1. The molecule has 1 fully saturated rings. The van der Waals surface area contributed by atoms with Gasteiger partial charge in [-0.1, -0.05) is 17.7 Å². The molecule has 1 aromatic heterocycles. The smallest absolute Gasteiger partial charge is 0.257 e. The summed E-state index contributed by atoms with van der Waals surface area (Å²) >= 11 is 6.43. The molecule has 1 unspecified atom stereocenters. The Balaban J connectivity index is 1.26. The molecule has 1 saturated heterocycles. The monoisotopic (exact) mass is 554 g/mol. The second-order valence-electron chi connectivity index (χ2n) is 9.18. The number of benzene rings is 2. The summed E-state index contributed by atoms with van der Waals surface area (Å²) in [5.41, 5.74) is 6.99. The van der Waals surface area contributed by atoms with Gasteiger partial charge < -0.3 is 25.4 Å². The summed E-state index contributed by atoms with van der Waals surface area (Å²) in [4.78, 5) is 30.3. The molecule has 2 aliphatic heterocycles. The minimum Gasteiger partial charge on any atom is -0.486 e. The quantitative estimate of drug-likeness (QED) is 0.448. The van der Waals surface area contributed by atoms with Gasteiger partial charge in [0.25, 0.3) is 5.91 Å². The lowest BCUT2D eigenvalue weighted by molar-refractivity contribution is -0.116. The lowest BCUT2D eigenvalue weighted by Gasteiger charge is -2.27. The van der Waals surface area contributed by atoms with Gasteiger partial charge in [-0.2, -0.15) is 0 Å². The summed E-state index contributed by atoms with van der Waals surface area (Å²) in [5, 5.41) is 3.01. The summed E-state index contributed by atoms with van der Waals surface area (Å²) < 4.78 is 41.3. The van der Waals surface area contributed by atoms with E-state index in [0.29, 0.717) is 55.4 Å². The molecule has 11 heteroatoms. The molecule has 2 aliphatic rings. The van der Waals surface area contributed by atoms with Gasteiger partial charge in [0.15, 0.2) is 11.6 Å². The number of pyridine rings is 1. The molecule has 0 spiro atoms. The number of carbonyl (C=O) groups is 2. The van der Waals surface area contributed by atoms with E-state index in [2.05, 4.69) is 10.3 Å². The summed E-state index contributed by atoms with van der Waals surface area (Å²) in [6.45, 7) is 1.56. The Bertz CT molecular complexity index is 1440. The molecule has 2 amide bonds. The molecular formula is C28H25ClF2N4O4. The van der Waals surface area contributed by atoms with Crippen molar-refractivity contribution >= 4 is 35.3 Å². The number of amides is 2. The first-order valence-corrected chi connectivity index (χ1v) is 12.7. The normalized spacial score (nSPS) is 16.7. The Morgan fingerprint density at radius 1 is 1.15 bits per heavy atom. The molecule has 1 atom stereocenters. The number of morpholine rings is 1. The molecule has 3 N–H and O–H groups in total. The largest absolute Gasteiger partial charge is 0.486 e. The van der Waals surface area contributed by atoms with Crippen molar-refractivity contribution in [1.29, 1.82) is 0 Å². The minimum absolute atomic E-state index is 0.0187. The molecule has 3 aromatic rings. The van der Waals surface area contributed by atoms with Crippen molar-refractivity contribution in [3.05, 3.63) is 82.0 Å². The van der Waals surface area contributed by atoms with Crippen LogP contribution in [-0.2, 0) is 16.0 Å². The highest BCUT2D eigenvalue weighted by atomic mass is 35.5. The zero-order chi connectivity index (χ0) is 27.5. The first-order valence-electron chi connectivity index (χ1n) is 12.3. The summed E-state index contributed by atoms with van der Waals surface area (Å²) in [7, 11) is 0. The first kappa shape index (κ1) is 26.6. The molecule has 0 saturated carbocycles. The average Bonchev–Trinajstić information content (AvgIpc) is 3.37. The number of rotatable bonds is 6. The number of nitrogens with one attached hydrogen (secondary N) is 1. The van der Waals surface area contributed by atoms with Gasteiger partial charge in [-0.3, -0.25) is 9.59 Å². The van der Waals surface area contributed by atoms with E-state index < -0.39 is 23.6 Å². The van der Waals surface area contributed by atoms with Crippen LogP contribution in [0.1, 0.15) is 21.5 Å². The van der Waals surface area contributed by atoms with Crippen molar-refractivity contribution in [1.82, 2.24) is 15.2 Å². The van der Waals surface area contributed by atoms with E-state index in [4.69, 9.17) is 26.8 Å². The number of hydrogen-bond donors (Lipinski definition) is 2. The number of fused-ring (bicyclic) bond motifs is 1. The molecule has 0 bridgehead atoms. The zero-order valence-corrected chi connectivity index (χ0v) is 21.5. The Morgan fingerprint density at radius 3 is 2.69 bits per heavy atom. The van der Waals surface area contributed by atoms with Gasteiger partial charge in [0, 0.05) is 42.9 Å². The van der Waals surface area contributed by atoms with Gasteiger partial charge in [-0.15, -0.1) is 0 Å². The summed E-state index contributed by atoms with van der Waals surface area (Å²) in [6.07, 6.45) is 4.57. The van der Waals surface area contributed by atoms with E-state index in [-0.39, 0.29) is 28.6 Å². The number of ether oxygens (including phenoxy) is 2. The van der Waals surface area contributed by atoms with Gasteiger partial charge >= 0.3 is 0 Å². The van der Waals surface area contributed by atoms with Gasteiger partial charge in [0.2, 0.25) is 5.91 Å². The molecule has 202 valence electrons. The summed E-state index contributed by atoms with van der Waals surface area (Å²) in [5.74, 6) is -2.41. The second-order valence-corrected chi connectivity index (χ2v) is 9.59. The van der Waals surface area contributed by atoms with Crippen LogP contribution in [0.5, 0.6) is 5.75 Å². The maximum absolute atomic E-state index is 15.2. The number of carbonyl (C=O) groups excluding carboxylic acids is 2. The highest BCUT2D eigenvalue weighted by molar-refractivity contribution is 6.32. The molecule has 3 heterocycles. The van der Waals surface area contributed by atoms with Crippen LogP contribution in [0, 0.1) is 11.6 Å². The van der Waals surface area contributed by atoms with Crippen molar-refractivity contribution in [3.63, 3.8) is 0 Å². The van der Waals surface area contributed by atoms with Crippen LogP contribution in [-0.4, -0.2) is 60.7 Å². The molecule has 0 radical (unpaired) electrons. The first-order chi connectivity index (χ1) is 18.8. The molecule has 8 nitrogen and oxygen atoms in total. The number of nitrogens with two attached hydrogens (primary N) is 1. The van der Waals surface area contributed by atoms with Gasteiger partial charge in [0.05, 0.1) is 30.3 Å². The maximum atomic E-state index is 15.2. The maximum Gasteiger partial charge on any atom is 0.257 e. The SMILES string of the molecule is Nc1ccc(/C=C/C(=O)NCC2Cc3cc(-c4ccc(C(=O)N5CCOCC5)c(F)c4F)cc(Cl)c3O2)cn1. The number of aromatic nitrogens is 1. The second kappa shape index (κ2) is 11.4. The third kappa shape index (κ3) is 5.86. The average molecular weight is 555 g/mol. The Morgan fingerprint density at radius 2 is 1.95 bits per heavy atom. The van der Waals surface area contributed by atoms with Crippen molar-refractivity contribution in [2.24, 2.45) is 0 Å². The predicted molar refractivity (Wildman–Crippen MR) is 142 cm³/mol. The number of halogens is 3. The van der Waals surface area contributed by atoms with Crippen LogP contribution >= 0.6 is 11.6 Å². The highest BCUT2D eigenvalue weighted by Crippen LogP contribution is 2.40. The zero-order valence-electron chi connectivity index (χ0n) is 20.8. The van der Waals surface area contributed by atoms with Crippen molar-refractivity contribution in [2.45, 2.75) is 12.5 Å². The fourth-order valence-corrected chi connectivity index (χ4v) is 4.78. The van der Waals surface area contributed by atoms with Crippen molar-refractivity contribution in [2.75, 3.05) is 38.6 Å².